The number of carbonyl (C=O) groups excluding carboxylic acids is 2. The molecule has 30 heavy (non-hydrogen) atoms. The van der Waals surface area contributed by atoms with Gasteiger partial charge in [-0.25, -0.2) is 10.4 Å². The Morgan fingerprint density at radius 2 is 2.03 bits per heavy atom. The predicted octanol–water partition coefficient (Wildman–Crippen LogP) is 3.08. The van der Waals surface area contributed by atoms with E-state index in [-0.39, 0.29) is 29.7 Å². The van der Waals surface area contributed by atoms with Gasteiger partial charge in [0.2, 0.25) is 11.8 Å². The van der Waals surface area contributed by atoms with E-state index in [0.717, 1.165) is 16.8 Å². The number of benzene rings is 2. The molecule has 0 aliphatic carbocycles. The molecule has 4 rings (SSSR count). The van der Waals surface area contributed by atoms with Crippen LogP contribution in [-0.4, -0.2) is 35.4 Å². The van der Waals surface area contributed by atoms with Gasteiger partial charge in [-0.1, -0.05) is 47.1 Å². The fourth-order valence-corrected chi connectivity index (χ4v) is 4.32. The van der Waals surface area contributed by atoms with Gasteiger partial charge in [-0.05, 0) is 43.7 Å². The quantitative estimate of drug-likeness (QED) is 0.676. The van der Waals surface area contributed by atoms with Gasteiger partial charge in [0.15, 0.2) is 5.17 Å². The molecule has 1 saturated heterocycles. The molecule has 2 aromatic carbocycles. The van der Waals surface area contributed by atoms with Crippen LogP contribution in [0.5, 0.6) is 0 Å². The number of nitrogens with one attached hydrogen (secondary N) is 3. The maximum Gasteiger partial charge on any atom is 0.241 e. The monoisotopic (exact) mass is 443 g/mol. The van der Waals surface area contributed by atoms with Crippen molar-refractivity contribution < 1.29 is 9.59 Å². The first-order valence-corrected chi connectivity index (χ1v) is 10.9. The summed E-state index contributed by atoms with van der Waals surface area (Å²) in [7, 11) is 0. The van der Waals surface area contributed by atoms with Crippen LogP contribution < -0.4 is 21.1 Å². The van der Waals surface area contributed by atoms with E-state index >= 15 is 0 Å². The molecule has 0 radical (unpaired) electrons. The molecule has 0 aromatic heterocycles. The van der Waals surface area contributed by atoms with Crippen molar-refractivity contribution in [3.8, 4) is 0 Å². The van der Waals surface area contributed by atoms with Crippen molar-refractivity contribution >= 4 is 51.7 Å². The number of thioether (sulfide) groups is 1. The average molecular weight is 444 g/mol. The number of aryl methyl sites for hydroxylation is 2. The molecule has 9 heteroatoms. The third-order valence-electron chi connectivity index (χ3n) is 5.01. The van der Waals surface area contributed by atoms with Gasteiger partial charge < -0.3 is 5.32 Å². The van der Waals surface area contributed by atoms with E-state index in [9.17, 15) is 9.59 Å². The van der Waals surface area contributed by atoms with Crippen LogP contribution in [0.1, 0.15) is 11.1 Å². The molecular formula is C21H22ClN5O2S. The minimum Gasteiger partial charge on any atom is -0.325 e. The SMILES string of the molecule is Cc1ccc(N2C(=O)C3CNNC3N=C2SCC(=O)Nc2ccc(C)c(Cl)c2)cc1. The van der Waals surface area contributed by atoms with E-state index in [0.29, 0.717) is 22.4 Å². The van der Waals surface area contributed by atoms with Gasteiger partial charge in [0, 0.05) is 17.3 Å². The van der Waals surface area contributed by atoms with Crippen LogP contribution in [0.4, 0.5) is 11.4 Å². The Hall–Kier alpha value is -2.39. The largest absolute Gasteiger partial charge is 0.325 e. The Morgan fingerprint density at radius 1 is 1.27 bits per heavy atom. The number of aliphatic imine (C=N–C) groups is 1. The summed E-state index contributed by atoms with van der Waals surface area (Å²) in [6.45, 7) is 4.41. The molecule has 2 aliphatic heterocycles. The number of halogens is 1. The third kappa shape index (κ3) is 4.37. The lowest BCUT2D eigenvalue weighted by molar-refractivity contribution is -0.121. The lowest BCUT2D eigenvalue weighted by atomic mass is 10.0. The average Bonchev–Trinajstić information content (AvgIpc) is 3.19. The molecule has 0 bridgehead atoms. The number of hydrogen-bond acceptors (Lipinski definition) is 6. The number of amides is 2. The molecule has 2 unspecified atom stereocenters. The van der Waals surface area contributed by atoms with Gasteiger partial charge in [-0.2, -0.15) is 0 Å². The Kier molecular flexibility index (Phi) is 6.10. The topological polar surface area (TPSA) is 85.8 Å². The van der Waals surface area contributed by atoms with Crippen LogP contribution >= 0.6 is 23.4 Å². The van der Waals surface area contributed by atoms with Crippen molar-refractivity contribution in [3.05, 3.63) is 58.6 Å². The molecule has 2 aliphatic rings. The first-order chi connectivity index (χ1) is 14.4. The van der Waals surface area contributed by atoms with Crippen LogP contribution in [0.2, 0.25) is 5.02 Å². The number of rotatable bonds is 4. The van der Waals surface area contributed by atoms with Crippen LogP contribution in [0.15, 0.2) is 47.5 Å². The van der Waals surface area contributed by atoms with Crippen molar-refractivity contribution in [2.75, 3.05) is 22.5 Å². The summed E-state index contributed by atoms with van der Waals surface area (Å²) in [4.78, 5) is 31.9. The van der Waals surface area contributed by atoms with E-state index in [1.54, 1.807) is 11.0 Å². The summed E-state index contributed by atoms with van der Waals surface area (Å²) < 4.78 is 0. The fraction of sp³-hybridized carbons (Fsp3) is 0.286. The number of anilines is 2. The second-order valence-electron chi connectivity index (χ2n) is 7.30. The second kappa shape index (κ2) is 8.77. The predicted molar refractivity (Wildman–Crippen MR) is 122 cm³/mol. The van der Waals surface area contributed by atoms with Crippen molar-refractivity contribution in [2.24, 2.45) is 10.9 Å². The van der Waals surface area contributed by atoms with Crippen molar-refractivity contribution in [1.82, 2.24) is 10.9 Å². The number of hydrazine groups is 1. The molecular weight excluding hydrogens is 422 g/mol. The smallest absolute Gasteiger partial charge is 0.241 e. The van der Waals surface area contributed by atoms with Crippen LogP contribution in [0.3, 0.4) is 0 Å². The molecule has 2 heterocycles. The normalized spacial score (nSPS) is 20.7. The molecule has 156 valence electrons. The zero-order valence-corrected chi connectivity index (χ0v) is 18.2. The zero-order chi connectivity index (χ0) is 21.3. The molecule has 3 N–H and O–H groups in total. The molecule has 7 nitrogen and oxygen atoms in total. The van der Waals surface area contributed by atoms with Gasteiger partial charge in [0.25, 0.3) is 0 Å². The highest BCUT2D eigenvalue weighted by molar-refractivity contribution is 8.14. The van der Waals surface area contributed by atoms with Crippen molar-refractivity contribution in [3.63, 3.8) is 0 Å². The van der Waals surface area contributed by atoms with Gasteiger partial charge in [-0.3, -0.25) is 19.9 Å². The standard InChI is InChI=1S/C21H22ClN5O2S/c1-12-3-7-15(8-4-12)27-20(29)16-10-23-26-19(16)25-21(27)30-11-18(28)24-14-6-5-13(2)17(22)9-14/h3-9,16,19,23,26H,10-11H2,1-2H3,(H,24,28). The van der Waals surface area contributed by atoms with E-state index < -0.39 is 0 Å². The third-order valence-corrected chi connectivity index (χ3v) is 6.37. The number of amidine groups is 1. The lowest BCUT2D eigenvalue weighted by Gasteiger charge is -2.32. The summed E-state index contributed by atoms with van der Waals surface area (Å²) in [5, 5.41) is 3.93. The summed E-state index contributed by atoms with van der Waals surface area (Å²) in [5.41, 5.74) is 9.45. The highest BCUT2D eigenvalue weighted by Crippen LogP contribution is 2.29. The van der Waals surface area contributed by atoms with E-state index in [1.165, 1.54) is 11.8 Å². The van der Waals surface area contributed by atoms with E-state index in [2.05, 4.69) is 21.2 Å². The molecule has 1 fully saturated rings. The van der Waals surface area contributed by atoms with Crippen LogP contribution in [0.25, 0.3) is 0 Å². The van der Waals surface area contributed by atoms with Crippen LogP contribution in [0, 0.1) is 19.8 Å². The first kappa shape index (κ1) is 20.9. The minimum atomic E-state index is -0.333. The molecule has 2 amide bonds. The molecule has 2 aromatic rings. The Balaban J connectivity index is 1.50. The highest BCUT2D eigenvalue weighted by atomic mass is 35.5. The number of hydrogen-bond donors (Lipinski definition) is 3. The summed E-state index contributed by atoms with van der Waals surface area (Å²) in [5.74, 6) is -0.396. The number of carbonyl (C=O) groups is 2. The van der Waals surface area contributed by atoms with Gasteiger partial charge in [-0.15, -0.1) is 0 Å². The first-order valence-electron chi connectivity index (χ1n) is 9.58. The van der Waals surface area contributed by atoms with Gasteiger partial charge >= 0.3 is 0 Å². The lowest BCUT2D eigenvalue weighted by Crippen LogP contribution is -2.49. The fourth-order valence-electron chi connectivity index (χ4n) is 3.30. The Bertz CT molecular complexity index is 1010. The minimum absolute atomic E-state index is 0.0374. The molecule has 0 spiro atoms. The van der Waals surface area contributed by atoms with E-state index in [1.807, 2.05) is 50.2 Å². The summed E-state index contributed by atoms with van der Waals surface area (Å²) in [6, 6.07) is 13.1. The Labute approximate surface area is 184 Å². The number of nitrogens with zero attached hydrogens (tertiary/aromatic N) is 2. The van der Waals surface area contributed by atoms with Gasteiger partial charge in [0.05, 0.1) is 17.4 Å². The number of fused-ring (bicyclic) bond motifs is 1. The Morgan fingerprint density at radius 3 is 2.77 bits per heavy atom. The van der Waals surface area contributed by atoms with E-state index in [4.69, 9.17) is 11.6 Å². The summed E-state index contributed by atoms with van der Waals surface area (Å²) in [6.07, 6.45) is -0.333. The molecule has 2 atom stereocenters. The zero-order valence-electron chi connectivity index (χ0n) is 16.6. The highest BCUT2D eigenvalue weighted by Gasteiger charge is 2.42. The van der Waals surface area contributed by atoms with Gasteiger partial charge in [0.1, 0.15) is 6.17 Å². The van der Waals surface area contributed by atoms with Crippen molar-refractivity contribution in [1.29, 1.82) is 0 Å². The maximum absolute atomic E-state index is 13.1. The molecule has 0 saturated carbocycles. The van der Waals surface area contributed by atoms with Crippen LogP contribution in [-0.2, 0) is 9.59 Å². The summed E-state index contributed by atoms with van der Waals surface area (Å²) >= 11 is 7.36. The second-order valence-corrected chi connectivity index (χ2v) is 8.65. The van der Waals surface area contributed by atoms with Crippen molar-refractivity contribution in [2.45, 2.75) is 20.0 Å². The maximum atomic E-state index is 13.1.